The molecule has 2 N–H and O–H groups in total. The minimum atomic E-state index is -2.89. The summed E-state index contributed by atoms with van der Waals surface area (Å²) in [6, 6.07) is 1.87. The van der Waals surface area contributed by atoms with Gasteiger partial charge in [-0.15, -0.1) is 12.4 Å². The van der Waals surface area contributed by atoms with E-state index in [0.717, 1.165) is 12.1 Å². The Morgan fingerprint density at radius 1 is 1.41 bits per heavy atom. The average molecular weight is 269 g/mol. The molecule has 0 fully saturated rings. The lowest BCUT2D eigenvalue weighted by Crippen LogP contribution is -2.05. The second kappa shape index (κ2) is 6.93. The first-order chi connectivity index (χ1) is 9.93. The summed E-state index contributed by atoms with van der Waals surface area (Å²) in [5.41, 5.74) is 4.87. The molecule has 0 atom stereocenters. The van der Waals surface area contributed by atoms with Crippen LogP contribution in [0.25, 0.3) is 0 Å². The molecule has 17 heavy (non-hydrogen) atoms. The Morgan fingerprint density at radius 3 is 2.59 bits per heavy atom. The molecule has 1 aromatic carbocycles. The highest BCUT2D eigenvalue weighted by atomic mass is 35.5. The monoisotopic (exact) mass is 268 g/mol. The normalized spacial score (nSPS) is 16.1. The number of nitrogens with zero attached hydrogens (tertiary/aromatic N) is 1. The van der Waals surface area contributed by atoms with E-state index in [1.807, 2.05) is 0 Å². The van der Waals surface area contributed by atoms with Crippen molar-refractivity contribution in [2.24, 2.45) is 5.73 Å². The van der Waals surface area contributed by atoms with Gasteiger partial charge in [-0.05, 0) is 24.6 Å². The molecule has 96 valence electrons. The smallest absolute Gasteiger partial charge is 0.314 e. The van der Waals surface area contributed by atoms with Crippen LogP contribution in [0, 0.1) is 10.1 Å². The van der Waals surface area contributed by atoms with Gasteiger partial charge in [0.2, 0.25) is 0 Å². The second-order valence-corrected chi connectivity index (χ2v) is 2.93. The van der Waals surface area contributed by atoms with Crippen molar-refractivity contribution in [2.75, 3.05) is 20.6 Å². The number of methoxy groups -OCH3 is 2. The number of hydrogen-bond acceptors (Lipinski definition) is 5. The van der Waals surface area contributed by atoms with E-state index in [-0.39, 0.29) is 36.7 Å². The zero-order valence-electron chi connectivity index (χ0n) is 14.6. The molecule has 0 unspecified atom stereocenters. The van der Waals surface area contributed by atoms with E-state index in [0.29, 0.717) is 0 Å². The van der Waals surface area contributed by atoms with E-state index in [9.17, 15) is 10.1 Å². The van der Waals surface area contributed by atoms with Crippen molar-refractivity contribution >= 4 is 18.1 Å². The van der Waals surface area contributed by atoms with E-state index in [2.05, 4.69) is 4.74 Å². The number of nitro groups is 1. The standard InChI is InChI=1S/C10H14N2O4.ClH/c1-15-9-6-8(12(13)14)10(16-2)5-7(9)3-4-11;/h5-6H,3-4,11H2,1-2H3;1H/i1D3,2D3;. The molecule has 0 aliphatic heterocycles. The molecule has 0 radical (unpaired) electrons. The number of hydrogen-bond donors (Lipinski definition) is 1. The quantitative estimate of drug-likeness (QED) is 0.646. The Kier molecular flexibility index (Phi) is 3.15. The fraction of sp³-hybridized carbons (Fsp3) is 0.400. The third-order valence-corrected chi connectivity index (χ3v) is 1.97. The van der Waals surface area contributed by atoms with E-state index in [1.54, 1.807) is 0 Å². The first kappa shape index (κ1) is 7.73. The van der Waals surface area contributed by atoms with Crippen LogP contribution in [0.5, 0.6) is 11.5 Å². The minimum absolute atomic E-state index is 0. The molecule has 1 rings (SSSR count). The van der Waals surface area contributed by atoms with Crippen LogP contribution >= 0.6 is 12.4 Å². The molecule has 0 aliphatic carbocycles. The van der Waals surface area contributed by atoms with Crippen LogP contribution in [0.2, 0.25) is 0 Å². The molecule has 0 saturated carbocycles. The van der Waals surface area contributed by atoms with Crippen molar-refractivity contribution < 1.29 is 22.6 Å². The lowest BCUT2D eigenvalue weighted by atomic mass is 10.1. The summed E-state index contributed by atoms with van der Waals surface area (Å²) in [4.78, 5) is 10.1. The van der Waals surface area contributed by atoms with Crippen LogP contribution in [0.15, 0.2) is 12.1 Å². The zero-order valence-corrected chi connectivity index (χ0v) is 9.45. The lowest BCUT2D eigenvalue weighted by Gasteiger charge is -2.10. The first-order valence-electron chi connectivity index (χ1n) is 7.32. The number of benzene rings is 1. The van der Waals surface area contributed by atoms with Crippen LogP contribution in [0.1, 0.15) is 13.8 Å². The molecule has 0 saturated heterocycles. The molecule has 7 heteroatoms. The number of rotatable bonds is 5. The molecule has 0 aliphatic rings. The molecular weight excluding hydrogens is 248 g/mol. The summed E-state index contributed by atoms with van der Waals surface area (Å²) in [5, 5.41) is 11.0. The van der Waals surface area contributed by atoms with Crippen molar-refractivity contribution in [1.82, 2.24) is 0 Å². The maximum atomic E-state index is 11.0. The first-order valence-corrected chi connectivity index (χ1v) is 4.32. The van der Waals surface area contributed by atoms with Crippen molar-refractivity contribution in [3.05, 3.63) is 27.8 Å². The Morgan fingerprint density at radius 2 is 2.06 bits per heavy atom. The summed E-state index contributed by atoms with van der Waals surface area (Å²) in [6.45, 7) is 0.0996. The van der Waals surface area contributed by atoms with Gasteiger partial charge in [-0.3, -0.25) is 10.1 Å². The fourth-order valence-electron chi connectivity index (χ4n) is 1.26. The van der Waals surface area contributed by atoms with E-state index < -0.39 is 30.4 Å². The molecule has 0 heterocycles. The predicted molar refractivity (Wildman–Crippen MR) is 66.2 cm³/mol. The van der Waals surface area contributed by atoms with Gasteiger partial charge in [0.15, 0.2) is 5.75 Å². The van der Waals surface area contributed by atoms with Crippen molar-refractivity contribution in [3.8, 4) is 11.5 Å². The molecule has 0 aromatic heterocycles. The van der Waals surface area contributed by atoms with Crippen LogP contribution in [-0.2, 0) is 6.42 Å². The number of nitrogens with two attached hydrogens (primary N) is 1. The summed E-state index contributed by atoms with van der Waals surface area (Å²) in [5.74, 6) is -0.776. The number of nitro benzene ring substituents is 1. The Hall–Kier alpha value is -1.53. The van der Waals surface area contributed by atoms with E-state index in [1.165, 1.54) is 0 Å². The molecule has 1 aromatic rings. The van der Waals surface area contributed by atoms with E-state index >= 15 is 0 Å². The van der Waals surface area contributed by atoms with Crippen LogP contribution in [0.4, 0.5) is 5.69 Å². The van der Waals surface area contributed by atoms with Gasteiger partial charge in [-0.25, -0.2) is 0 Å². The Balaban J connectivity index is 0.00000484. The molecular formula is C10H15ClN2O4. The summed E-state index contributed by atoms with van der Waals surface area (Å²) >= 11 is 0. The van der Waals surface area contributed by atoms with Crippen molar-refractivity contribution in [3.63, 3.8) is 0 Å². The van der Waals surface area contributed by atoms with Gasteiger partial charge < -0.3 is 15.2 Å². The van der Waals surface area contributed by atoms with Crippen LogP contribution in [-0.4, -0.2) is 25.5 Å². The maximum Gasteiger partial charge on any atom is 0.314 e. The molecule has 0 bridgehead atoms. The number of halogens is 1. The second-order valence-electron chi connectivity index (χ2n) is 2.93. The Bertz CT molecular complexity index is 564. The highest BCUT2D eigenvalue weighted by Gasteiger charge is 2.18. The largest absolute Gasteiger partial charge is 0.496 e. The molecule has 6 nitrogen and oxygen atoms in total. The predicted octanol–water partition coefficient (Wildman–Crippen LogP) is 1.53. The number of ether oxygens (including phenoxy) is 2. The average Bonchev–Trinajstić information content (AvgIpc) is 2.28. The van der Waals surface area contributed by atoms with Gasteiger partial charge in [0.25, 0.3) is 0 Å². The highest BCUT2D eigenvalue weighted by molar-refractivity contribution is 5.85. The van der Waals surface area contributed by atoms with Gasteiger partial charge in [-0.1, -0.05) is 0 Å². The summed E-state index contributed by atoms with van der Waals surface area (Å²) in [7, 11) is -5.71. The molecule has 0 spiro atoms. The summed E-state index contributed by atoms with van der Waals surface area (Å²) < 4.78 is 51.5. The van der Waals surface area contributed by atoms with Crippen LogP contribution < -0.4 is 15.2 Å². The summed E-state index contributed by atoms with van der Waals surface area (Å²) in [6.07, 6.45) is 0.126. The van der Waals surface area contributed by atoms with Gasteiger partial charge in [-0.2, -0.15) is 0 Å². The van der Waals surface area contributed by atoms with E-state index in [4.69, 9.17) is 18.7 Å². The minimum Gasteiger partial charge on any atom is -0.496 e. The molecule has 0 amide bonds. The maximum absolute atomic E-state index is 11.0. The lowest BCUT2D eigenvalue weighted by molar-refractivity contribution is -0.385. The van der Waals surface area contributed by atoms with Crippen molar-refractivity contribution in [2.45, 2.75) is 6.42 Å². The zero-order chi connectivity index (χ0) is 17.1. The topological polar surface area (TPSA) is 87.6 Å². The van der Waals surface area contributed by atoms with Crippen molar-refractivity contribution in [1.29, 1.82) is 0 Å². The third kappa shape index (κ3) is 3.47. The van der Waals surface area contributed by atoms with Crippen LogP contribution in [0.3, 0.4) is 0 Å². The van der Waals surface area contributed by atoms with Gasteiger partial charge >= 0.3 is 5.69 Å². The highest BCUT2D eigenvalue weighted by Crippen LogP contribution is 2.34. The van der Waals surface area contributed by atoms with Gasteiger partial charge in [0, 0.05) is 0 Å². The third-order valence-electron chi connectivity index (χ3n) is 1.97. The van der Waals surface area contributed by atoms with Gasteiger partial charge in [0.1, 0.15) is 5.75 Å². The fourth-order valence-corrected chi connectivity index (χ4v) is 1.26. The van der Waals surface area contributed by atoms with Gasteiger partial charge in [0.05, 0.1) is 33.3 Å². The SMILES string of the molecule is Cl.[2H]C([2H])([2H])Oc1cc([N+](=O)[O-])c(OC([2H])([2H])[2H])cc1CCN. The Labute approximate surface area is 114 Å².